The van der Waals surface area contributed by atoms with Crippen molar-refractivity contribution in [3.63, 3.8) is 0 Å². The lowest BCUT2D eigenvalue weighted by Crippen LogP contribution is -2.23. The predicted molar refractivity (Wildman–Crippen MR) is 86.4 cm³/mol. The molecule has 3 rings (SSSR count). The molecule has 0 unspecified atom stereocenters. The molecule has 0 bridgehead atoms. The third-order valence-electron chi connectivity index (χ3n) is 3.60. The van der Waals surface area contributed by atoms with Crippen LogP contribution in [0.25, 0.3) is 11.1 Å². The fraction of sp³-hybridized carbons (Fsp3) is 0.176. The van der Waals surface area contributed by atoms with Gasteiger partial charge in [-0.15, -0.1) is 0 Å². The first-order chi connectivity index (χ1) is 11.7. The number of aryl methyl sites for hydroxylation is 1. The summed E-state index contributed by atoms with van der Waals surface area (Å²) in [5, 5.41) is 10.2. The highest BCUT2D eigenvalue weighted by Crippen LogP contribution is 2.29. The maximum Gasteiger partial charge on any atom is 0.251 e. The monoisotopic (exact) mass is 324 g/mol. The van der Waals surface area contributed by atoms with Gasteiger partial charge in [0.1, 0.15) is 17.1 Å². The zero-order valence-electron chi connectivity index (χ0n) is 13.3. The summed E-state index contributed by atoms with van der Waals surface area (Å²) >= 11 is 0. The molecule has 3 aromatic rings. The molecule has 0 atom stereocenters. The van der Waals surface area contributed by atoms with E-state index in [4.69, 9.17) is 4.74 Å². The Labute approximate surface area is 138 Å². The molecule has 0 spiro atoms. The molecule has 2 aromatic heterocycles. The Morgan fingerprint density at radius 2 is 2.17 bits per heavy atom. The zero-order chi connectivity index (χ0) is 16.9. The minimum Gasteiger partial charge on any atom is -0.494 e. The van der Waals surface area contributed by atoms with E-state index in [9.17, 15) is 4.79 Å². The topological polar surface area (TPSA) is 90.1 Å². The van der Waals surface area contributed by atoms with Crippen LogP contribution >= 0.6 is 0 Å². The highest BCUT2D eigenvalue weighted by molar-refractivity contribution is 5.95. The van der Waals surface area contributed by atoms with Crippen molar-refractivity contribution in [1.29, 1.82) is 0 Å². The van der Waals surface area contributed by atoms with Gasteiger partial charge in [0, 0.05) is 17.3 Å². The normalized spacial score (nSPS) is 10.4. The fourth-order valence-electron chi connectivity index (χ4n) is 2.29. The van der Waals surface area contributed by atoms with Crippen LogP contribution in [0.1, 0.15) is 21.7 Å². The minimum absolute atomic E-state index is 0.202. The molecule has 1 amide bonds. The zero-order valence-corrected chi connectivity index (χ0v) is 13.3. The van der Waals surface area contributed by atoms with Gasteiger partial charge in [0.25, 0.3) is 5.91 Å². The van der Waals surface area contributed by atoms with Gasteiger partial charge >= 0.3 is 0 Å². The summed E-state index contributed by atoms with van der Waals surface area (Å²) in [6.45, 7) is 2.03. The van der Waals surface area contributed by atoms with Crippen molar-refractivity contribution in [2.75, 3.05) is 7.11 Å². The van der Waals surface area contributed by atoms with Gasteiger partial charge in [-0.3, -0.25) is 9.78 Å². The number of aromatic nitrogens is 3. The number of hydrogen-bond donors (Lipinski definition) is 1. The smallest absolute Gasteiger partial charge is 0.251 e. The first-order valence-electron chi connectivity index (χ1n) is 7.33. The number of methoxy groups -OCH3 is 1. The third kappa shape index (κ3) is 3.24. The maximum absolute atomic E-state index is 12.4. The first kappa shape index (κ1) is 15.7. The lowest BCUT2D eigenvalue weighted by Gasteiger charge is -2.09. The molecular weight excluding hydrogens is 308 g/mol. The molecule has 1 N–H and O–H groups in total. The summed E-state index contributed by atoms with van der Waals surface area (Å²) in [5.41, 5.74) is 3.56. The molecule has 0 saturated carbocycles. The second kappa shape index (κ2) is 6.91. The number of nitrogens with zero attached hydrogens (tertiary/aromatic N) is 3. The van der Waals surface area contributed by atoms with Gasteiger partial charge in [-0.2, -0.15) is 0 Å². The number of ether oxygens (including phenoxy) is 1. The minimum atomic E-state index is -0.202. The van der Waals surface area contributed by atoms with Crippen molar-refractivity contribution in [3.05, 3.63) is 59.7 Å². The third-order valence-corrected chi connectivity index (χ3v) is 3.60. The van der Waals surface area contributed by atoms with E-state index in [1.165, 1.54) is 0 Å². The largest absolute Gasteiger partial charge is 0.494 e. The van der Waals surface area contributed by atoms with Crippen LogP contribution in [-0.2, 0) is 6.54 Å². The lowest BCUT2D eigenvalue weighted by atomic mass is 10.0. The second-order valence-electron chi connectivity index (χ2n) is 5.14. The Balaban J connectivity index is 1.80. The van der Waals surface area contributed by atoms with Crippen molar-refractivity contribution in [2.24, 2.45) is 0 Å². The van der Waals surface area contributed by atoms with Crippen molar-refractivity contribution < 1.29 is 14.2 Å². The fourth-order valence-corrected chi connectivity index (χ4v) is 2.29. The molecular formula is C17H16N4O3. The standard InChI is InChI=1S/C17H16N4O3/c1-11-15(21-24-20-11)9-19-17(22)13-5-3-4-12(8-13)14-6-7-18-10-16(14)23-2/h3-8,10H,9H2,1-2H3,(H,19,22). The van der Waals surface area contributed by atoms with Crippen LogP contribution in [0.4, 0.5) is 0 Å². The molecule has 7 heteroatoms. The number of amides is 1. The molecule has 0 saturated heterocycles. The van der Waals surface area contributed by atoms with Crippen molar-refractivity contribution in [3.8, 4) is 16.9 Å². The molecule has 7 nitrogen and oxygen atoms in total. The summed E-state index contributed by atoms with van der Waals surface area (Å²) < 4.78 is 9.94. The Morgan fingerprint density at radius 1 is 1.29 bits per heavy atom. The summed E-state index contributed by atoms with van der Waals surface area (Å²) in [5.74, 6) is 0.451. The lowest BCUT2D eigenvalue weighted by molar-refractivity contribution is 0.0950. The van der Waals surface area contributed by atoms with Gasteiger partial charge < -0.3 is 10.1 Å². The van der Waals surface area contributed by atoms with Gasteiger partial charge in [0.2, 0.25) is 0 Å². The SMILES string of the molecule is COc1cnccc1-c1cccc(C(=O)NCc2nonc2C)c1. The number of pyridine rings is 1. The molecule has 2 heterocycles. The Kier molecular flexibility index (Phi) is 4.51. The number of rotatable bonds is 5. The number of carbonyl (C=O) groups excluding carboxylic acids is 1. The van der Waals surface area contributed by atoms with E-state index in [0.717, 1.165) is 11.1 Å². The summed E-state index contributed by atoms with van der Waals surface area (Å²) in [7, 11) is 1.59. The number of hydrogen-bond acceptors (Lipinski definition) is 6. The molecule has 0 fully saturated rings. The molecule has 0 radical (unpaired) electrons. The van der Waals surface area contributed by atoms with E-state index in [1.54, 1.807) is 38.6 Å². The van der Waals surface area contributed by atoms with Crippen LogP contribution in [0.2, 0.25) is 0 Å². The Morgan fingerprint density at radius 3 is 2.92 bits per heavy atom. The van der Waals surface area contributed by atoms with Crippen LogP contribution in [0.3, 0.4) is 0 Å². The summed E-state index contributed by atoms with van der Waals surface area (Å²) in [4.78, 5) is 16.4. The Hall–Kier alpha value is -3.22. The molecule has 0 aliphatic carbocycles. The van der Waals surface area contributed by atoms with E-state index in [-0.39, 0.29) is 12.5 Å². The summed E-state index contributed by atoms with van der Waals surface area (Å²) in [6.07, 6.45) is 3.33. The number of benzene rings is 1. The molecule has 122 valence electrons. The molecule has 0 aliphatic heterocycles. The number of nitrogens with one attached hydrogen (secondary N) is 1. The average molecular weight is 324 g/mol. The van der Waals surface area contributed by atoms with E-state index in [0.29, 0.717) is 22.7 Å². The van der Waals surface area contributed by atoms with E-state index in [1.807, 2.05) is 18.2 Å². The summed E-state index contributed by atoms with van der Waals surface area (Å²) in [6, 6.07) is 9.15. The Bertz CT molecular complexity index is 860. The molecule has 1 aromatic carbocycles. The van der Waals surface area contributed by atoms with Crippen LogP contribution in [0, 0.1) is 6.92 Å². The average Bonchev–Trinajstić information content (AvgIpc) is 3.04. The second-order valence-corrected chi connectivity index (χ2v) is 5.14. The molecule has 0 aliphatic rings. The van der Waals surface area contributed by atoms with Crippen LogP contribution in [0.5, 0.6) is 5.75 Å². The van der Waals surface area contributed by atoms with Gasteiger partial charge in [-0.05, 0) is 30.7 Å². The molecule has 24 heavy (non-hydrogen) atoms. The van der Waals surface area contributed by atoms with Crippen molar-refractivity contribution in [1.82, 2.24) is 20.6 Å². The van der Waals surface area contributed by atoms with Crippen LogP contribution < -0.4 is 10.1 Å². The van der Waals surface area contributed by atoms with Crippen LogP contribution in [-0.4, -0.2) is 28.3 Å². The maximum atomic E-state index is 12.4. The van der Waals surface area contributed by atoms with Crippen molar-refractivity contribution in [2.45, 2.75) is 13.5 Å². The van der Waals surface area contributed by atoms with E-state index in [2.05, 4.69) is 25.2 Å². The van der Waals surface area contributed by atoms with Crippen LogP contribution in [0.15, 0.2) is 47.4 Å². The van der Waals surface area contributed by atoms with Gasteiger partial charge in [-0.1, -0.05) is 22.4 Å². The first-order valence-corrected chi connectivity index (χ1v) is 7.33. The predicted octanol–water partition coefficient (Wildman–Crippen LogP) is 2.38. The van der Waals surface area contributed by atoms with Crippen molar-refractivity contribution >= 4 is 5.91 Å². The highest BCUT2D eigenvalue weighted by atomic mass is 16.6. The quantitative estimate of drug-likeness (QED) is 0.775. The van der Waals surface area contributed by atoms with Gasteiger partial charge in [0.05, 0.1) is 19.9 Å². The van der Waals surface area contributed by atoms with E-state index < -0.39 is 0 Å². The van der Waals surface area contributed by atoms with Gasteiger partial charge in [0.15, 0.2) is 0 Å². The van der Waals surface area contributed by atoms with E-state index >= 15 is 0 Å². The number of carbonyl (C=O) groups is 1. The highest BCUT2D eigenvalue weighted by Gasteiger charge is 2.11. The van der Waals surface area contributed by atoms with Gasteiger partial charge in [-0.25, -0.2) is 4.63 Å².